The van der Waals surface area contributed by atoms with Gasteiger partial charge in [-0.1, -0.05) is 48.5 Å². The van der Waals surface area contributed by atoms with Crippen molar-refractivity contribution < 1.29 is 4.42 Å². The zero-order chi connectivity index (χ0) is 34.2. The van der Waals surface area contributed by atoms with E-state index in [0.717, 1.165) is 49.5 Å². The molecule has 8 aromatic carbocycles. The second-order valence-electron chi connectivity index (χ2n) is 13.1. The van der Waals surface area contributed by atoms with Gasteiger partial charge in [-0.15, -0.1) is 0 Å². The van der Waals surface area contributed by atoms with Crippen LogP contribution in [0.25, 0.3) is 108 Å². The van der Waals surface area contributed by atoms with Crippen LogP contribution in [0.15, 0.2) is 162 Å². The van der Waals surface area contributed by atoms with Crippen molar-refractivity contribution in [3.05, 3.63) is 158 Å². The molecule has 0 saturated carbocycles. The van der Waals surface area contributed by atoms with Crippen LogP contribution in [-0.2, 0) is 0 Å². The van der Waals surface area contributed by atoms with Gasteiger partial charge in [-0.05, 0) is 10.8 Å². The van der Waals surface area contributed by atoms with Gasteiger partial charge >= 0.3 is 246 Å². The molecule has 3 heterocycles. The first-order chi connectivity index (χ1) is 25.7. The van der Waals surface area contributed by atoms with Crippen molar-refractivity contribution in [1.29, 1.82) is 0 Å². The van der Waals surface area contributed by atoms with E-state index >= 15 is 0 Å². The summed E-state index contributed by atoms with van der Waals surface area (Å²) in [6.07, 6.45) is 0. The average Bonchev–Trinajstić information content (AvgIpc) is 3.81. The van der Waals surface area contributed by atoms with Crippen LogP contribution in [0, 0.1) is 0 Å². The molecular weight excluding hydrogens is 703 g/mol. The summed E-state index contributed by atoms with van der Waals surface area (Å²) < 4.78 is 8.96. The van der Waals surface area contributed by atoms with Crippen LogP contribution in [0.2, 0.25) is 0 Å². The molecule has 3 aromatic heterocycles. The number of oxazole rings is 1. The molecule has 0 radical (unpaired) electrons. The van der Waals surface area contributed by atoms with Crippen molar-refractivity contribution in [1.82, 2.24) is 19.9 Å². The first-order valence-corrected chi connectivity index (χ1v) is 18.9. The summed E-state index contributed by atoms with van der Waals surface area (Å²) in [6.45, 7) is 0. The molecule has 6 heteroatoms. The third-order valence-corrected chi connectivity index (χ3v) is 12.2. The molecule has 0 aliphatic heterocycles. The maximum atomic E-state index is 6.27. The van der Waals surface area contributed by atoms with Crippen LogP contribution < -0.4 is 0 Å². The van der Waals surface area contributed by atoms with E-state index in [1.807, 2.05) is 30.3 Å². The third kappa shape index (κ3) is 4.84. The van der Waals surface area contributed by atoms with Crippen molar-refractivity contribution in [3.8, 4) is 45.6 Å². The first-order valence-electron chi connectivity index (χ1n) is 17.2. The molecule has 0 saturated heterocycles. The summed E-state index contributed by atoms with van der Waals surface area (Å²) in [5, 5.41) is 9.38. The van der Waals surface area contributed by atoms with Crippen LogP contribution in [0.1, 0.15) is 0 Å². The molecule has 0 unspecified atom stereocenters. The maximum absolute atomic E-state index is 6.27. The van der Waals surface area contributed by atoms with Crippen LogP contribution in [0.4, 0.5) is 0 Å². The Balaban J connectivity index is 1.09. The van der Waals surface area contributed by atoms with Crippen molar-refractivity contribution in [3.63, 3.8) is 0 Å². The van der Waals surface area contributed by atoms with Gasteiger partial charge in [0.2, 0.25) is 0 Å². The molecule has 0 amide bonds. The van der Waals surface area contributed by atoms with Gasteiger partial charge < -0.3 is 0 Å². The normalized spacial score (nSPS) is 11.8. The van der Waals surface area contributed by atoms with E-state index in [1.165, 1.54) is 35.5 Å². The monoisotopic (exact) mass is 730 g/mol. The van der Waals surface area contributed by atoms with Crippen molar-refractivity contribution in [2.45, 2.75) is 0 Å². The predicted molar refractivity (Wildman–Crippen MR) is 214 cm³/mol. The fourth-order valence-corrected chi connectivity index (χ4v) is 9.65. The minimum atomic E-state index is 0.176. The van der Waals surface area contributed by atoms with E-state index < -0.39 is 0 Å². The molecule has 52 heavy (non-hydrogen) atoms. The molecule has 0 aliphatic rings. The Morgan fingerprint density at radius 3 is 1.56 bits per heavy atom. The summed E-state index contributed by atoms with van der Waals surface area (Å²) in [5.41, 5.74) is 5.55. The first kappa shape index (κ1) is 29.3. The number of hydrogen-bond donors (Lipinski definition) is 0. The summed E-state index contributed by atoms with van der Waals surface area (Å²) in [6, 6.07) is 55.1. The van der Waals surface area contributed by atoms with Gasteiger partial charge in [-0.2, -0.15) is 0 Å². The Kier molecular flexibility index (Phi) is 6.50. The topological polar surface area (TPSA) is 64.7 Å². The Bertz CT molecular complexity index is 3100. The summed E-state index contributed by atoms with van der Waals surface area (Å²) >= 11 is 0.176. The minimum absolute atomic E-state index is 0.176. The fraction of sp³-hybridized carbons (Fsp3) is 0. The second kappa shape index (κ2) is 11.5. The zero-order valence-electron chi connectivity index (χ0n) is 27.6. The zero-order valence-corrected chi connectivity index (χ0v) is 29.3. The molecule has 11 aromatic rings. The molecule has 0 N–H and O–H groups in total. The number of fused-ring (bicyclic) bond motifs is 8. The van der Waals surface area contributed by atoms with Gasteiger partial charge in [0.05, 0.1) is 0 Å². The summed E-state index contributed by atoms with van der Waals surface area (Å²) in [4.78, 5) is 20.3. The Morgan fingerprint density at radius 2 is 0.923 bits per heavy atom. The second-order valence-corrected chi connectivity index (χ2v) is 15.4. The number of aromatic nitrogens is 4. The summed E-state index contributed by atoms with van der Waals surface area (Å²) in [7, 11) is 0. The molecule has 0 bridgehead atoms. The van der Waals surface area contributed by atoms with E-state index in [-0.39, 0.29) is 14.5 Å². The van der Waals surface area contributed by atoms with Gasteiger partial charge in [-0.3, -0.25) is 0 Å². The van der Waals surface area contributed by atoms with E-state index in [4.69, 9.17) is 24.4 Å². The SMILES string of the molecule is c1ccc(-c2nc3c(ccc4[se]c5cc6ccc(-c7nc(-c8ccc9ccccc9c8)nc(-c8ccc9ccccc9c8)n7)cc6cc5c43)o2)cc1. The number of rotatable bonds is 4. The fourth-order valence-electron chi connectivity index (χ4n) is 7.26. The van der Waals surface area contributed by atoms with Gasteiger partial charge in [-0.25, -0.2) is 0 Å². The molecule has 11 rings (SSSR count). The van der Waals surface area contributed by atoms with Crippen molar-refractivity contribution in [2.75, 3.05) is 0 Å². The molecule has 0 atom stereocenters. The van der Waals surface area contributed by atoms with Crippen LogP contribution in [0.3, 0.4) is 0 Å². The molecule has 5 nitrogen and oxygen atoms in total. The Morgan fingerprint density at radius 1 is 0.385 bits per heavy atom. The predicted octanol–water partition coefficient (Wildman–Crippen LogP) is 11.5. The van der Waals surface area contributed by atoms with Gasteiger partial charge in [0.1, 0.15) is 0 Å². The van der Waals surface area contributed by atoms with E-state index in [9.17, 15) is 0 Å². The third-order valence-electron chi connectivity index (χ3n) is 9.88. The van der Waals surface area contributed by atoms with Crippen LogP contribution >= 0.6 is 0 Å². The molecule has 0 spiro atoms. The van der Waals surface area contributed by atoms with Crippen molar-refractivity contribution >= 4 is 77.2 Å². The Hall–Kier alpha value is -6.46. The van der Waals surface area contributed by atoms with E-state index in [1.54, 1.807) is 0 Å². The molecule has 0 fully saturated rings. The standard InChI is InChI=1S/C46H26N4OSe/c1-2-10-29(11-3-1)46-47-42-38(51-46)20-21-39-41(42)37-25-36-24-35(19-16-32(36)26-40(37)52-39)45-49-43(33-17-14-27-8-4-6-12-30(27)22-33)48-44(50-45)34-18-15-28-9-5-7-13-31(28)23-34/h1-26H. The Labute approximate surface area is 303 Å². The summed E-state index contributed by atoms with van der Waals surface area (Å²) in [5.74, 6) is 2.58. The van der Waals surface area contributed by atoms with Gasteiger partial charge in [0.15, 0.2) is 0 Å². The van der Waals surface area contributed by atoms with Gasteiger partial charge in [0, 0.05) is 0 Å². The van der Waals surface area contributed by atoms with E-state index in [0.29, 0.717) is 23.4 Å². The number of hydrogen-bond acceptors (Lipinski definition) is 5. The number of benzene rings is 8. The van der Waals surface area contributed by atoms with Crippen LogP contribution in [0.5, 0.6) is 0 Å². The number of nitrogens with zero attached hydrogens (tertiary/aromatic N) is 4. The molecule has 242 valence electrons. The van der Waals surface area contributed by atoms with Crippen LogP contribution in [-0.4, -0.2) is 34.4 Å². The average molecular weight is 730 g/mol. The quantitative estimate of drug-likeness (QED) is 0.169. The molecule has 0 aliphatic carbocycles. The van der Waals surface area contributed by atoms with Gasteiger partial charge in [0.25, 0.3) is 0 Å². The van der Waals surface area contributed by atoms with Crippen molar-refractivity contribution in [2.24, 2.45) is 0 Å². The molecular formula is C46H26N4OSe. The van der Waals surface area contributed by atoms with E-state index in [2.05, 4.69) is 127 Å².